The van der Waals surface area contributed by atoms with E-state index in [9.17, 15) is 35.4 Å². The Morgan fingerprint density at radius 2 is 1.24 bits per heavy atom. The van der Waals surface area contributed by atoms with Crippen molar-refractivity contribution in [2.45, 2.75) is 25.4 Å². The average Bonchev–Trinajstić information content (AvgIpc) is 2.88. The molecule has 0 aromatic heterocycles. The second kappa shape index (κ2) is 9.31. The molecular formula is C29H24O8. The molecule has 1 aliphatic rings. The number of ketones is 1. The number of Topliss-reactive ketones (excluding diaryl/α,β-unsaturated/α-hetero) is 1. The zero-order valence-corrected chi connectivity index (χ0v) is 19.5. The van der Waals surface area contributed by atoms with Crippen molar-refractivity contribution < 1.29 is 40.2 Å². The van der Waals surface area contributed by atoms with Gasteiger partial charge in [0.25, 0.3) is 0 Å². The molecule has 1 heterocycles. The summed E-state index contributed by atoms with van der Waals surface area (Å²) >= 11 is 0. The van der Waals surface area contributed by atoms with Crippen LogP contribution < -0.4 is 4.74 Å². The van der Waals surface area contributed by atoms with Crippen molar-refractivity contribution in [3.05, 3.63) is 100 Å². The van der Waals surface area contributed by atoms with E-state index >= 15 is 0 Å². The number of carbonyl (C=O) groups is 1. The molecule has 6 N–H and O–H groups in total. The van der Waals surface area contributed by atoms with Crippen molar-refractivity contribution in [3.8, 4) is 40.2 Å². The summed E-state index contributed by atoms with van der Waals surface area (Å²) in [6.45, 7) is 0. The highest BCUT2D eigenvalue weighted by atomic mass is 16.5. The first-order valence-corrected chi connectivity index (χ1v) is 11.6. The minimum absolute atomic E-state index is 0.0188. The summed E-state index contributed by atoms with van der Waals surface area (Å²) in [5.74, 6) is -2.37. The first-order valence-electron chi connectivity index (χ1n) is 11.6. The van der Waals surface area contributed by atoms with E-state index in [-0.39, 0.29) is 76.2 Å². The van der Waals surface area contributed by atoms with Crippen LogP contribution in [-0.2, 0) is 12.8 Å². The van der Waals surface area contributed by atoms with Gasteiger partial charge in [-0.1, -0.05) is 42.5 Å². The van der Waals surface area contributed by atoms with Gasteiger partial charge in [0.05, 0.1) is 6.42 Å². The molecule has 0 saturated carbocycles. The van der Waals surface area contributed by atoms with Crippen molar-refractivity contribution in [2.75, 3.05) is 0 Å². The zero-order chi connectivity index (χ0) is 26.3. The lowest BCUT2D eigenvalue weighted by Crippen LogP contribution is -2.22. The number of rotatable bonds is 5. The number of hydrogen-bond donors (Lipinski definition) is 6. The van der Waals surface area contributed by atoms with Crippen LogP contribution in [0.1, 0.15) is 50.7 Å². The quantitative estimate of drug-likeness (QED) is 0.214. The summed E-state index contributed by atoms with van der Waals surface area (Å²) in [6, 6.07) is 17.5. The molecule has 37 heavy (non-hydrogen) atoms. The Morgan fingerprint density at radius 1 is 0.676 bits per heavy atom. The van der Waals surface area contributed by atoms with Gasteiger partial charge in [0.1, 0.15) is 28.9 Å². The third kappa shape index (κ3) is 4.45. The van der Waals surface area contributed by atoms with Gasteiger partial charge in [-0.15, -0.1) is 0 Å². The maximum Gasteiger partial charge on any atom is 0.174 e. The molecule has 188 valence electrons. The summed E-state index contributed by atoms with van der Waals surface area (Å²) in [4.78, 5) is 13.3. The number of hydrogen-bond acceptors (Lipinski definition) is 8. The molecule has 0 saturated heterocycles. The van der Waals surface area contributed by atoms with Crippen LogP contribution in [-0.4, -0.2) is 36.4 Å². The third-order valence-corrected chi connectivity index (χ3v) is 6.52. The normalized spacial score (nSPS) is 14.7. The Bertz CT molecular complexity index is 1510. The monoisotopic (exact) mass is 500 g/mol. The smallest absolute Gasteiger partial charge is 0.174 e. The minimum atomic E-state index is -0.633. The van der Waals surface area contributed by atoms with Gasteiger partial charge in [-0.05, 0) is 41.0 Å². The van der Waals surface area contributed by atoms with Crippen LogP contribution in [0.5, 0.6) is 40.2 Å². The van der Waals surface area contributed by atoms with Gasteiger partial charge >= 0.3 is 0 Å². The molecule has 1 aliphatic heterocycles. The van der Waals surface area contributed by atoms with Crippen LogP contribution in [0, 0.1) is 0 Å². The van der Waals surface area contributed by atoms with Gasteiger partial charge in [-0.2, -0.15) is 0 Å². The third-order valence-electron chi connectivity index (χ3n) is 6.52. The molecule has 0 radical (unpaired) electrons. The standard InChI is InChI=1S/C29H24O8/c30-20-8-6-15(12-22(20)32)10-18-27(35)19(11-16-7-9-21(31)23(33)13-16)29-26(28(18)36)24(34)14-25(37-29)17-4-2-1-3-5-17/h1-9,12-13,25,30-33,35-36H,10-11,14H2. The Hall–Kier alpha value is -4.85. The molecule has 5 rings (SSSR count). The summed E-state index contributed by atoms with van der Waals surface area (Å²) in [5.41, 5.74) is 1.98. The molecule has 4 aromatic carbocycles. The second-order valence-corrected chi connectivity index (χ2v) is 9.00. The van der Waals surface area contributed by atoms with Crippen LogP contribution in [0.3, 0.4) is 0 Å². The van der Waals surface area contributed by atoms with E-state index in [0.717, 1.165) is 5.56 Å². The van der Waals surface area contributed by atoms with Crippen molar-refractivity contribution in [2.24, 2.45) is 0 Å². The van der Waals surface area contributed by atoms with E-state index in [1.165, 1.54) is 30.3 Å². The fourth-order valence-corrected chi connectivity index (χ4v) is 4.61. The van der Waals surface area contributed by atoms with Crippen LogP contribution in [0.4, 0.5) is 0 Å². The van der Waals surface area contributed by atoms with Gasteiger partial charge in [0.2, 0.25) is 0 Å². The van der Waals surface area contributed by atoms with Crippen molar-refractivity contribution in [1.29, 1.82) is 0 Å². The van der Waals surface area contributed by atoms with Crippen LogP contribution >= 0.6 is 0 Å². The molecule has 0 amide bonds. The molecule has 1 atom stereocenters. The summed E-state index contributed by atoms with van der Waals surface area (Å²) < 4.78 is 6.22. The number of phenols is 6. The minimum Gasteiger partial charge on any atom is -0.507 e. The largest absolute Gasteiger partial charge is 0.507 e. The Morgan fingerprint density at radius 3 is 1.81 bits per heavy atom. The molecular weight excluding hydrogens is 476 g/mol. The van der Waals surface area contributed by atoms with Gasteiger partial charge in [0.15, 0.2) is 28.8 Å². The second-order valence-electron chi connectivity index (χ2n) is 9.00. The molecule has 4 aromatic rings. The summed E-state index contributed by atoms with van der Waals surface area (Å²) in [5, 5.41) is 61.7. The number of phenolic OH excluding ortho intramolecular Hbond substituents is 6. The van der Waals surface area contributed by atoms with Crippen molar-refractivity contribution in [1.82, 2.24) is 0 Å². The first-order chi connectivity index (χ1) is 17.7. The molecule has 8 nitrogen and oxygen atoms in total. The van der Waals surface area contributed by atoms with E-state index in [1.54, 1.807) is 6.07 Å². The predicted molar refractivity (Wildman–Crippen MR) is 134 cm³/mol. The van der Waals surface area contributed by atoms with Gasteiger partial charge in [-0.3, -0.25) is 4.79 Å². The summed E-state index contributed by atoms with van der Waals surface area (Å²) in [7, 11) is 0. The molecule has 0 bridgehead atoms. The Balaban J connectivity index is 1.66. The fourth-order valence-electron chi connectivity index (χ4n) is 4.61. The molecule has 8 heteroatoms. The number of ether oxygens (including phenoxy) is 1. The topological polar surface area (TPSA) is 148 Å². The number of carbonyl (C=O) groups excluding carboxylic acids is 1. The highest BCUT2D eigenvalue weighted by molar-refractivity contribution is 6.04. The number of fused-ring (bicyclic) bond motifs is 1. The van der Waals surface area contributed by atoms with E-state index in [0.29, 0.717) is 11.1 Å². The lowest BCUT2D eigenvalue weighted by Gasteiger charge is -2.30. The molecule has 0 aliphatic carbocycles. The average molecular weight is 501 g/mol. The molecule has 0 fully saturated rings. The first kappa shape index (κ1) is 23.9. The van der Waals surface area contributed by atoms with E-state index in [4.69, 9.17) is 4.74 Å². The van der Waals surface area contributed by atoms with Crippen molar-refractivity contribution >= 4 is 5.78 Å². The SMILES string of the molecule is O=C1CC(c2ccccc2)Oc2c(Cc3ccc(O)c(O)c3)c(O)c(Cc3ccc(O)c(O)c3)c(O)c21. The maximum atomic E-state index is 13.3. The van der Waals surface area contributed by atoms with E-state index in [2.05, 4.69) is 0 Å². The molecule has 1 unspecified atom stereocenters. The zero-order valence-electron chi connectivity index (χ0n) is 19.5. The fraction of sp³-hybridized carbons (Fsp3) is 0.138. The van der Waals surface area contributed by atoms with Crippen LogP contribution in [0.15, 0.2) is 66.7 Å². The summed E-state index contributed by atoms with van der Waals surface area (Å²) in [6.07, 6.45) is -0.687. The van der Waals surface area contributed by atoms with Crippen LogP contribution in [0.2, 0.25) is 0 Å². The Labute approximate surface area is 211 Å². The highest BCUT2D eigenvalue weighted by Crippen LogP contribution is 2.49. The Kier molecular flexibility index (Phi) is 6.01. The van der Waals surface area contributed by atoms with E-state index < -0.39 is 11.9 Å². The number of benzene rings is 4. The lowest BCUT2D eigenvalue weighted by molar-refractivity contribution is 0.0842. The van der Waals surface area contributed by atoms with E-state index in [1.807, 2.05) is 30.3 Å². The van der Waals surface area contributed by atoms with Crippen molar-refractivity contribution in [3.63, 3.8) is 0 Å². The van der Waals surface area contributed by atoms with Crippen LogP contribution in [0.25, 0.3) is 0 Å². The highest BCUT2D eigenvalue weighted by Gasteiger charge is 2.36. The molecule has 0 spiro atoms. The van der Waals surface area contributed by atoms with Gasteiger partial charge < -0.3 is 35.4 Å². The predicted octanol–water partition coefficient (Wildman–Crippen LogP) is 4.81. The lowest BCUT2D eigenvalue weighted by atomic mass is 9.87. The van der Waals surface area contributed by atoms with Gasteiger partial charge in [-0.25, -0.2) is 0 Å². The number of aromatic hydroxyl groups is 6. The maximum absolute atomic E-state index is 13.3. The van der Waals surface area contributed by atoms with Gasteiger partial charge in [0, 0.05) is 24.0 Å².